The van der Waals surface area contributed by atoms with Crippen LogP contribution in [0.4, 0.5) is 0 Å². The topological polar surface area (TPSA) is 20.2 Å². The Morgan fingerprint density at radius 3 is 2.27 bits per heavy atom. The van der Waals surface area contributed by atoms with E-state index >= 15 is 0 Å². The molecule has 1 aromatic carbocycles. The quantitative estimate of drug-likeness (QED) is 0.558. The Morgan fingerprint density at radius 1 is 1.18 bits per heavy atom. The second kappa shape index (κ2) is 3.40. The molecular weight excluding hydrogens is 274 g/mol. The second-order valence-corrected chi connectivity index (χ2v) is 3.78. The van der Waals surface area contributed by atoms with Gasteiger partial charge in [0.25, 0.3) is 0 Å². The largest absolute Gasteiger partial charge is 0.507 e. The van der Waals surface area contributed by atoms with E-state index in [1.165, 1.54) is 6.07 Å². The number of hydrogen-bond donors (Lipinski definition) is 1. The fraction of sp³-hybridized carbons (Fsp3) is 0. The predicted octanol–water partition coefficient (Wildman–Crippen LogP) is 4.11. The van der Waals surface area contributed by atoms with Gasteiger partial charge in [0.2, 0.25) is 0 Å². The van der Waals surface area contributed by atoms with Crippen molar-refractivity contribution in [2.75, 3.05) is 0 Å². The van der Waals surface area contributed by atoms with Crippen molar-refractivity contribution in [2.24, 2.45) is 0 Å². The molecule has 1 nitrogen and oxygen atoms in total. The molecule has 0 aliphatic heterocycles. The molecule has 0 aliphatic rings. The Labute approximate surface area is 87.0 Å². The molecule has 11 heavy (non-hydrogen) atoms. The Bertz CT molecular complexity index is 274. The third-order valence-electron chi connectivity index (χ3n) is 1.08. The van der Waals surface area contributed by atoms with Gasteiger partial charge in [0.05, 0.1) is 19.5 Å². The Hall–Kier alpha value is 0.370. The van der Waals surface area contributed by atoms with Crippen molar-refractivity contribution in [3.63, 3.8) is 0 Å². The Morgan fingerprint density at radius 2 is 1.73 bits per heavy atom. The van der Waals surface area contributed by atoms with E-state index in [4.69, 9.17) is 39.9 Å². The van der Waals surface area contributed by atoms with E-state index in [9.17, 15) is 0 Å². The summed E-state index contributed by atoms with van der Waals surface area (Å²) in [5, 5.41) is 9.82. The van der Waals surface area contributed by atoms with Gasteiger partial charge in [-0.05, 0) is 15.9 Å². The van der Waals surface area contributed by atoms with Crippen LogP contribution in [0.2, 0.25) is 15.1 Å². The second-order valence-electron chi connectivity index (χ2n) is 1.82. The van der Waals surface area contributed by atoms with Gasteiger partial charge < -0.3 is 5.11 Å². The first-order valence-electron chi connectivity index (χ1n) is 2.56. The summed E-state index contributed by atoms with van der Waals surface area (Å²) in [7, 11) is 0. The highest BCUT2D eigenvalue weighted by Crippen LogP contribution is 2.41. The summed E-state index contributed by atoms with van der Waals surface area (Å²) in [6.07, 6.45) is 0. The number of phenols is 1. The summed E-state index contributed by atoms with van der Waals surface area (Å²) >= 11 is 19.9. The minimum atomic E-state index is -0.0237. The van der Waals surface area contributed by atoms with E-state index in [1.807, 2.05) is 0 Å². The molecule has 60 valence electrons. The minimum Gasteiger partial charge on any atom is -0.507 e. The molecule has 1 N–H and O–H groups in total. The van der Waals surface area contributed by atoms with Crippen molar-refractivity contribution in [1.29, 1.82) is 0 Å². The van der Waals surface area contributed by atoms with Crippen molar-refractivity contribution in [3.05, 3.63) is 25.6 Å². The molecule has 0 spiro atoms. The molecule has 0 fully saturated rings. The summed E-state index contributed by atoms with van der Waals surface area (Å²) in [6.45, 7) is 0. The average Bonchev–Trinajstić information content (AvgIpc) is 1.97. The van der Waals surface area contributed by atoms with E-state index in [1.54, 1.807) is 0 Å². The van der Waals surface area contributed by atoms with E-state index in [2.05, 4.69) is 15.9 Å². The number of rotatable bonds is 0. The lowest BCUT2D eigenvalue weighted by Crippen LogP contribution is -1.75. The first kappa shape index (κ1) is 9.46. The van der Waals surface area contributed by atoms with Gasteiger partial charge in [0, 0.05) is 6.07 Å². The average molecular weight is 276 g/mol. The molecule has 0 unspecified atom stereocenters. The molecule has 0 saturated carbocycles. The van der Waals surface area contributed by atoms with Gasteiger partial charge in [0.15, 0.2) is 0 Å². The van der Waals surface area contributed by atoms with Crippen LogP contribution in [0.5, 0.6) is 5.75 Å². The third kappa shape index (κ3) is 1.75. The first-order valence-corrected chi connectivity index (χ1v) is 4.48. The van der Waals surface area contributed by atoms with Gasteiger partial charge in [-0.3, -0.25) is 0 Å². The molecular formula is C6H2BrCl3O. The molecule has 0 aromatic heterocycles. The van der Waals surface area contributed by atoms with Crippen molar-refractivity contribution < 1.29 is 5.11 Å². The van der Waals surface area contributed by atoms with Crippen LogP contribution in [0.1, 0.15) is 0 Å². The van der Waals surface area contributed by atoms with Crippen LogP contribution >= 0.6 is 50.7 Å². The zero-order valence-corrected chi connectivity index (χ0v) is 8.89. The van der Waals surface area contributed by atoms with Gasteiger partial charge in [-0.2, -0.15) is 0 Å². The van der Waals surface area contributed by atoms with Gasteiger partial charge in [0.1, 0.15) is 5.75 Å². The molecule has 0 atom stereocenters. The summed E-state index contributed by atoms with van der Waals surface area (Å²) in [4.78, 5) is 0. The number of halogens is 4. The number of benzene rings is 1. The highest BCUT2D eigenvalue weighted by molar-refractivity contribution is 9.10. The summed E-state index contributed by atoms with van der Waals surface area (Å²) in [5.74, 6) is -0.0237. The highest BCUT2D eigenvalue weighted by atomic mass is 79.9. The van der Waals surface area contributed by atoms with Crippen LogP contribution in [0, 0.1) is 0 Å². The fourth-order valence-electron chi connectivity index (χ4n) is 0.560. The maximum absolute atomic E-state index is 9.13. The monoisotopic (exact) mass is 274 g/mol. The molecule has 0 heterocycles. The molecule has 1 aromatic rings. The van der Waals surface area contributed by atoms with Gasteiger partial charge in [-0.25, -0.2) is 0 Å². The van der Waals surface area contributed by atoms with E-state index in [0.29, 0.717) is 4.47 Å². The number of hydrogen-bond acceptors (Lipinski definition) is 1. The summed E-state index contributed by atoms with van der Waals surface area (Å²) in [6, 6.07) is 1.32. The molecule has 1 rings (SSSR count). The van der Waals surface area contributed by atoms with Crippen molar-refractivity contribution in [3.8, 4) is 5.75 Å². The van der Waals surface area contributed by atoms with Crippen LogP contribution in [0.15, 0.2) is 10.5 Å². The van der Waals surface area contributed by atoms with Gasteiger partial charge in [-0.1, -0.05) is 34.8 Å². The van der Waals surface area contributed by atoms with E-state index in [0.717, 1.165) is 0 Å². The summed E-state index contributed by atoms with van der Waals surface area (Å²) < 4.78 is 0.355. The van der Waals surface area contributed by atoms with E-state index < -0.39 is 0 Å². The molecule has 0 radical (unpaired) electrons. The summed E-state index contributed by atoms with van der Waals surface area (Å²) in [5.41, 5.74) is 0. The molecule has 0 saturated heterocycles. The van der Waals surface area contributed by atoms with E-state index in [-0.39, 0.29) is 20.8 Å². The minimum absolute atomic E-state index is 0.0237. The Kier molecular flexibility index (Phi) is 2.92. The lowest BCUT2D eigenvalue weighted by atomic mass is 10.3. The van der Waals surface area contributed by atoms with Crippen molar-refractivity contribution in [2.45, 2.75) is 0 Å². The number of phenolic OH excluding ortho intramolecular Hbond substituents is 1. The SMILES string of the molecule is Oc1cc(Cl)c(Cl)c(Cl)c1Br. The molecule has 0 aliphatic carbocycles. The van der Waals surface area contributed by atoms with Crippen LogP contribution in [0.3, 0.4) is 0 Å². The lowest BCUT2D eigenvalue weighted by Gasteiger charge is -2.02. The molecule has 0 amide bonds. The predicted molar refractivity (Wildman–Crippen MR) is 50.8 cm³/mol. The van der Waals surface area contributed by atoms with Crippen LogP contribution < -0.4 is 0 Å². The zero-order chi connectivity index (χ0) is 8.59. The normalized spacial score (nSPS) is 10.2. The van der Waals surface area contributed by atoms with Gasteiger partial charge >= 0.3 is 0 Å². The number of aromatic hydroxyl groups is 1. The fourth-order valence-corrected chi connectivity index (χ4v) is 1.58. The van der Waals surface area contributed by atoms with Crippen LogP contribution in [-0.4, -0.2) is 5.11 Å². The standard InChI is InChI=1S/C6H2BrCl3O/c7-4-3(11)1-2(8)5(9)6(4)10/h1,11H. The molecule has 5 heteroatoms. The maximum Gasteiger partial charge on any atom is 0.132 e. The zero-order valence-electron chi connectivity index (χ0n) is 5.04. The Balaban J connectivity index is 3.46. The first-order chi connectivity index (χ1) is 5.04. The smallest absolute Gasteiger partial charge is 0.132 e. The van der Waals surface area contributed by atoms with Crippen molar-refractivity contribution >= 4 is 50.7 Å². The van der Waals surface area contributed by atoms with Crippen LogP contribution in [0.25, 0.3) is 0 Å². The third-order valence-corrected chi connectivity index (χ3v) is 3.38. The maximum atomic E-state index is 9.13. The van der Waals surface area contributed by atoms with Gasteiger partial charge in [-0.15, -0.1) is 0 Å². The van der Waals surface area contributed by atoms with Crippen molar-refractivity contribution in [1.82, 2.24) is 0 Å². The highest BCUT2D eigenvalue weighted by Gasteiger charge is 2.11. The van der Waals surface area contributed by atoms with Crippen LogP contribution in [-0.2, 0) is 0 Å². The lowest BCUT2D eigenvalue weighted by molar-refractivity contribution is 0.472. The molecule has 0 bridgehead atoms.